The largest absolute Gasteiger partial charge is 0.497 e. The smallest absolute Gasteiger partial charge is 0.257 e. The summed E-state index contributed by atoms with van der Waals surface area (Å²) in [5, 5.41) is 3.03. The highest BCUT2D eigenvalue weighted by Crippen LogP contribution is 2.39. The van der Waals surface area contributed by atoms with E-state index in [1.807, 2.05) is 37.3 Å². The summed E-state index contributed by atoms with van der Waals surface area (Å²) in [5.74, 6) is -1.16. The lowest BCUT2D eigenvalue weighted by Crippen LogP contribution is -2.60. The molecule has 2 aliphatic heterocycles. The summed E-state index contributed by atoms with van der Waals surface area (Å²) >= 11 is 0. The lowest BCUT2D eigenvalue weighted by atomic mass is 9.96. The fraction of sp³-hybridized carbons (Fsp3) is 0.323. The molecule has 5 rings (SSSR count). The highest BCUT2D eigenvalue weighted by molar-refractivity contribution is 5.99. The van der Waals surface area contributed by atoms with Crippen LogP contribution in [0.3, 0.4) is 0 Å². The summed E-state index contributed by atoms with van der Waals surface area (Å²) in [6.45, 7) is 2.39. The Kier molecular flexibility index (Phi) is 7.84. The zero-order chi connectivity index (χ0) is 28.3. The van der Waals surface area contributed by atoms with Crippen molar-refractivity contribution in [1.29, 1.82) is 0 Å². The molecule has 0 bridgehead atoms. The third kappa shape index (κ3) is 5.29. The van der Waals surface area contributed by atoms with Gasteiger partial charge < -0.3 is 19.7 Å². The molecule has 3 aromatic rings. The fourth-order valence-electron chi connectivity index (χ4n) is 5.46. The van der Waals surface area contributed by atoms with Crippen molar-refractivity contribution in [3.05, 3.63) is 101 Å². The molecular weight excluding hydrogens is 513 g/mol. The second-order valence-corrected chi connectivity index (χ2v) is 10.1. The maximum Gasteiger partial charge on any atom is 0.257 e. The topological polar surface area (TPSA) is 88.2 Å². The van der Waals surface area contributed by atoms with E-state index in [0.717, 1.165) is 5.56 Å². The van der Waals surface area contributed by atoms with Gasteiger partial charge in [-0.15, -0.1) is 0 Å². The van der Waals surface area contributed by atoms with Crippen molar-refractivity contribution in [3.63, 3.8) is 0 Å². The van der Waals surface area contributed by atoms with Crippen LogP contribution in [-0.2, 0) is 9.53 Å². The zero-order valence-electron chi connectivity index (χ0n) is 22.5. The van der Waals surface area contributed by atoms with Crippen molar-refractivity contribution in [2.45, 2.75) is 37.6 Å². The molecule has 2 fully saturated rings. The number of methoxy groups -OCH3 is 1. The number of ether oxygens (including phenoxy) is 2. The highest BCUT2D eigenvalue weighted by atomic mass is 19.1. The Morgan fingerprint density at radius 1 is 0.975 bits per heavy atom. The molecule has 3 aromatic carbocycles. The Morgan fingerprint density at radius 2 is 1.68 bits per heavy atom. The van der Waals surface area contributed by atoms with Crippen LogP contribution in [0.5, 0.6) is 5.75 Å². The molecule has 1 spiro atoms. The van der Waals surface area contributed by atoms with Gasteiger partial charge in [-0.3, -0.25) is 19.3 Å². The molecule has 9 heteroatoms. The van der Waals surface area contributed by atoms with E-state index >= 15 is 0 Å². The van der Waals surface area contributed by atoms with E-state index in [1.54, 1.807) is 35.2 Å². The first-order chi connectivity index (χ1) is 19.3. The molecule has 2 heterocycles. The van der Waals surface area contributed by atoms with Gasteiger partial charge in [0.15, 0.2) is 0 Å². The minimum Gasteiger partial charge on any atom is -0.497 e. The average molecular weight is 546 g/mol. The Labute approximate surface area is 232 Å². The number of halogens is 1. The van der Waals surface area contributed by atoms with Gasteiger partial charge in [0.05, 0.1) is 25.3 Å². The summed E-state index contributed by atoms with van der Waals surface area (Å²) < 4.78 is 25.9. The number of hydrogen-bond donors (Lipinski definition) is 1. The van der Waals surface area contributed by atoms with Crippen LogP contribution in [0.2, 0.25) is 0 Å². The maximum absolute atomic E-state index is 14.3. The molecule has 2 atom stereocenters. The number of amides is 3. The van der Waals surface area contributed by atoms with Gasteiger partial charge >= 0.3 is 0 Å². The second kappa shape index (κ2) is 11.5. The number of benzene rings is 3. The van der Waals surface area contributed by atoms with E-state index in [0.29, 0.717) is 11.3 Å². The Bertz CT molecular complexity index is 1390. The van der Waals surface area contributed by atoms with Crippen LogP contribution in [0.4, 0.5) is 4.39 Å². The van der Waals surface area contributed by atoms with Crippen LogP contribution in [0.15, 0.2) is 78.9 Å². The van der Waals surface area contributed by atoms with Gasteiger partial charge in [-0.2, -0.15) is 0 Å². The lowest BCUT2D eigenvalue weighted by Gasteiger charge is -2.44. The van der Waals surface area contributed by atoms with Crippen LogP contribution in [0.1, 0.15) is 52.1 Å². The number of carbonyl (C=O) groups excluding carboxylic acids is 3. The summed E-state index contributed by atoms with van der Waals surface area (Å²) in [6, 6.07) is 21.1. The maximum atomic E-state index is 14.3. The first kappa shape index (κ1) is 27.3. The average Bonchev–Trinajstić information content (AvgIpc) is 3.35. The highest BCUT2D eigenvalue weighted by Gasteiger charge is 2.54. The molecule has 0 saturated carbocycles. The summed E-state index contributed by atoms with van der Waals surface area (Å²) in [5.41, 5.74) is 0.213. The van der Waals surface area contributed by atoms with Gasteiger partial charge in [-0.1, -0.05) is 48.5 Å². The van der Waals surface area contributed by atoms with Crippen molar-refractivity contribution >= 4 is 17.7 Å². The molecule has 2 saturated heterocycles. The van der Waals surface area contributed by atoms with Crippen LogP contribution >= 0.6 is 0 Å². The first-order valence-corrected chi connectivity index (χ1v) is 13.3. The number of rotatable bonds is 6. The van der Waals surface area contributed by atoms with Gasteiger partial charge in [0.25, 0.3) is 11.8 Å². The summed E-state index contributed by atoms with van der Waals surface area (Å²) in [6.07, 6.45) is 0.557. The van der Waals surface area contributed by atoms with Gasteiger partial charge in [0.2, 0.25) is 5.91 Å². The third-order valence-electron chi connectivity index (χ3n) is 7.69. The van der Waals surface area contributed by atoms with Crippen molar-refractivity contribution in [2.24, 2.45) is 0 Å². The Balaban J connectivity index is 1.40. The van der Waals surface area contributed by atoms with Gasteiger partial charge in [-0.05, 0) is 42.8 Å². The third-order valence-corrected chi connectivity index (χ3v) is 7.69. The molecule has 2 aliphatic rings. The molecule has 208 valence electrons. The molecule has 40 heavy (non-hydrogen) atoms. The molecule has 0 aliphatic carbocycles. The number of carbonyl (C=O) groups is 3. The van der Waals surface area contributed by atoms with Gasteiger partial charge in [-0.25, -0.2) is 4.39 Å². The number of likely N-dealkylation sites (tertiary alicyclic amines) is 1. The molecule has 0 aromatic heterocycles. The van der Waals surface area contributed by atoms with Crippen molar-refractivity contribution < 1.29 is 28.2 Å². The fourth-order valence-corrected chi connectivity index (χ4v) is 5.46. The van der Waals surface area contributed by atoms with E-state index in [9.17, 15) is 18.8 Å². The normalized spacial score (nSPS) is 18.8. The monoisotopic (exact) mass is 545 g/mol. The van der Waals surface area contributed by atoms with Crippen molar-refractivity contribution in [1.82, 2.24) is 15.1 Å². The van der Waals surface area contributed by atoms with Crippen molar-refractivity contribution in [3.8, 4) is 5.75 Å². The van der Waals surface area contributed by atoms with Crippen LogP contribution in [0, 0.1) is 5.82 Å². The zero-order valence-corrected chi connectivity index (χ0v) is 22.5. The van der Waals surface area contributed by atoms with Crippen LogP contribution in [0.25, 0.3) is 0 Å². The number of piperidine rings is 1. The minimum atomic E-state index is -1.09. The molecule has 0 radical (unpaired) electrons. The minimum absolute atomic E-state index is 0.00209. The van der Waals surface area contributed by atoms with Crippen molar-refractivity contribution in [2.75, 3.05) is 26.8 Å². The van der Waals surface area contributed by atoms with Gasteiger partial charge in [0.1, 0.15) is 23.3 Å². The molecular formula is C31H32FN3O5. The Hall–Kier alpha value is -4.24. The first-order valence-electron chi connectivity index (χ1n) is 13.3. The lowest BCUT2D eigenvalue weighted by molar-refractivity contribution is -0.128. The van der Waals surface area contributed by atoms with E-state index in [-0.39, 0.29) is 56.0 Å². The number of hydrogen-bond acceptors (Lipinski definition) is 5. The molecule has 0 unspecified atom stereocenters. The van der Waals surface area contributed by atoms with Crippen LogP contribution < -0.4 is 10.1 Å². The molecule has 1 N–H and O–H groups in total. The Morgan fingerprint density at radius 3 is 2.38 bits per heavy atom. The van der Waals surface area contributed by atoms with E-state index < -0.39 is 23.5 Å². The quantitative estimate of drug-likeness (QED) is 0.502. The van der Waals surface area contributed by atoms with Gasteiger partial charge in [0, 0.05) is 31.5 Å². The van der Waals surface area contributed by atoms with E-state index in [2.05, 4.69) is 5.32 Å². The second-order valence-electron chi connectivity index (χ2n) is 10.1. The SMILES string of the molecule is COc1cccc(C(=O)N2[C@H](C(=O)N[C@H](C)c3ccccc3)COC23CCN(C(=O)c2ccccc2F)CC3)c1. The molecule has 8 nitrogen and oxygen atoms in total. The van der Waals surface area contributed by atoms with E-state index in [1.165, 1.54) is 30.2 Å². The molecule has 3 amide bonds. The van der Waals surface area contributed by atoms with Crippen LogP contribution in [-0.4, -0.2) is 66.1 Å². The summed E-state index contributed by atoms with van der Waals surface area (Å²) in [7, 11) is 1.52. The van der Waals surface area contributed by atoms with E-state index in [4.69, 9.17) is 9.47 Å². The number of nitrogens with zero attached hydrogens (tertiary/aromatic N) is 2. The predicted octanol–water partition coefficient (Wildman–Crippen LogP) is 4.19. The standard InChI is InChI=1S/C31H32FN3O5/c1-21(22-9-4-3-5-10-22)33-28(36)27-20-40-31(35(27)29(37)23-11-8-12-24(19-23)39-2)15-17-34(18-16-31)30(38)25-13-6-7-14-26(25)32/h3-14,19,21,27H,15-18,20H2,1-2H3,(H,33,36)/t21-,27+/m1/s1. The predicted molar refractivity (Wildman–Crippen MR) is 146 cm³/mol. The number of nitrogens with one attached hydrogen (secondary N) is 1. The summed E-state index contributed by atoms with van der Waals surface area (Å²) in [4.78, 5) is 43.8.